The maximum atomic E-state index is 8.51. The van der Waals surface area contributed by atoms with Gasteiger partial charge in [-0.25, -0.2) is 0 Å². The average molecular weight is 189 g/mol. The Kier molecular flexibility index (Phi) is 2.78. The number of nitriles is 1. The number of benzene rings is 1. The van der Waals surface area contributed by atoms with Crippen LogP contribution in [0.4, 0.5) is 0 Å². The van der Waals surface area contributed by atoms with E-state index in [1.54, 1.807) is 0 Å². The standard InChI is InChI=1S/C11H11NO2/c12-6-5-9-1-3-10(4-2-9)11-7-13-8-14-11/h1-4,11H,5,7-8H2. The average Bonchev–Trinajstić information content (AvgIpc) is 2.72. The lowest BCUT2D eigenvalue weighted by Gasteiger charge is -2.07. The van der Waals surface area contributed by atoms with Gasteiger partial charge in [0, 0.05) is 0 Å². The van der Waals surface area contributed by atoms with Crippen LogP contribution in [0.5, 0.6) is 0 Å². The Hall–Kier alpha value is -1.37. The first kappa shape index (κ1) is 9.20. The van der Waals surface area contributed by atoms with Gasteiger partial charge in [-0.1, -0.05) is 24.3 Å². The van der Waals surface area contributed by atoms with Crippen molar-refractivity contribution in [3.63, 3.8) is 0 Å². The van der Waals surface area contributed by atoms with Crippen LogP contribution in [-0.4, -0.2) is 13.4 Å². The summed E-state index contributed by atoms with van der Waals surface area (Å²) in [7, 11) is 0. The van der Waals surface area contributed by atoms with Gasteiger partial charge in [0.1, 0.15) is 12.9 Å². The van der Waals surface area contributed by atoms with E-state index in [9.17, 15) is 0 Å². The third-order valence-electron chi connectivity index (χ3n) is 2.26. The van der Waals surface area contributed by atoms with E-state index in [0.717, 1.165) is 11.1 Å². The van der Waals surface area contributed by atoms with E-state index in [4.69, 9.17) is 14.7 Å². The Morgan fingerprint density at radius 2 is 2.14 bits per heavy atom. The topological polar surface area (TPSA) is 42.2 Å². The molecule has 0 aliphatic carbocycles. The van der Waals surface area contributed by atoms with Crippen LogP contribution in [0.3, 0.4) is 0 Å². The molecule has 1 saturated heterocycles. The zero-order valence-electron chi connectivity index (χ0n) is 7.77. The van der Waals surface area contributed by atoms with Gasteiger partial charge in [0.25, 0.3) is 0 Å². The molecular weight excluding hydrogens is 178 g/mol. The molecule has 0 saturated carbocycles. The molecule has 14 heavy (non-hydrogen) atoms. The van der Waals surface area contributed by atoms with E-state index in [0.29, 0.717) is 19.8 Å². The van der Waals surface area contributed by atoms with Crippen molar-refractivity contribution in [3.05, 3.63) is 35.4 Å². The van der Waals surface area contributed by atoms with Crippen LogP contribution in [0, 0.1) is 11.3 Å². The Morgan fingerprint density at radius 3 is 2.71 bits per heavy atom. The fourth-order valence-corrected chi connectivity index (χ4v) is 1.47. The minimum atomic E-state index is 0.0612. The molecule has 1 aliphatic heterocycles. The van der Waals surface area contributed by atoms with Gasteiger partial charge in [0.2, 0.25) is 0 Å². The van der Waals surface area contributed by atoms with Crippen molar-refractivity contribution in [1.29, 1.82) is 5.26 Å². The van der Waals surface area contributed by atoms with Crippen molar-refractivity contribution >= 4 is 0 Å². The number of hydrogen-bond acceptors (Lipinski definition) is 3. The SMILES string of the molecule is N#CCc1ccc(C2COCO2)cc1. The van der Waals surface area contributed by atoms with Gasteiger partial charge in [0.15, 0.2) is 0 Å². The molecular formula is C11H11NO2. The normalized spacial score (nSPS) is 20.6. The molecule has 0 aromatic heterocycles. The first-order chi connectivity index (χ1) is 6.90. The number of hydrogen-bond donors (Lipinski definition) is 0. The second kappa shape index (κ2) is 4.23. The second-order valence-electron chi connectivity index (χ2n) is 3.22. The van der Waals surface area contributed by atoms with E-state index in [-0.39, 0.29) is 6.10 Å². The van der Waals surface area contributed by atoms with Crippen molar-refractivity contribution in [1.82, 2.24) is 0 Å². The summed E-state index contributed by atoms with van der Waals surface area (Å²) in [5.41, 5.74) is 2.15. The van der Waals surface area contributed by atoms with Crippen LogP contribution in [0.15, 0.2) is 24.3 Å². The quantitative estimate of drug-likeness (QED) is 0.712. The summed E-state index contributed by atoms with van der Waals surface area (Å²) in [6.07, 6.45) is 0.522. The summed E-state index contributed by atoms with van der Waals surface area (Å²) in [6, 6.07) is 10.0. The third-order valence-corrected chi connectivity index (χ3v) is 2.26. The molecule has 1 atom stereocenters. The molecule has 1 aromatic carbocycles. The number of ether oxygens (including phenoxy) is 2. The van der Waals surface area contributed by atoms with E-state index in [1.807, 2.05) is 24.3 Å². The van der Waals surface area contributed by atoms with Crippen molar-refractivity contribution in [2.75, 3.05) is 13.4 Å². The predicted molar refractivity (Wildman–Crippen MR) is 50.4 cm³/mol. The molecule has 3 nitrogen and oxygen atoms in total. The summed E-state index contributed by atoms with van der Waals surface area (Å²) < 4.78 is 10.5. The molecule has 1 fully saturated rings. The van der Waals surface area contributed by atoms with Crippen LogP contribution in [-0.2, 0) is 15.9 Å². The minimum absolute atomic E-state index is 0.0612. The number of nitrogens with zero attached hydrogens (tertiary/aromatic N) is 1. The zero-order valence-corrected chi connectivity index (χ0v) is 7.77. The summed E-state index contributed by atoms with van der Waals surface area (Å²) >= 11 is 0. The van der Waals surface area contributed by atoms with Gasteiger partial charge in [0.05, 0.1) is 19.1 Å². The summed E-state index contributed by atoms with van der Waals surface area (Å²) in [5, 5.41) is 8.51. The Labute approximate surface area is 82.9 Å². The van der Waals surface area contributed by atoms with E-state index in [1.165, 1.54) is 0 Å². The first-order valence-electron chi connectivity index (χ1n) is 4.55. The fraction of sp³-hybridized carbons (Fsp3) is 0.364. The molecule has 1 aromatic rings. The highest BCUT2D eigenvalue weighted by Gasteiger charge is 2.17. The van der Waals surface area contributed by atoms with Crippen LogP contribution < -0.4 is 0 Å². The highest BCUT2D eigenvalue weighted by Crippen LogP contribution is 2.22. The van der Waals surface area contributed by atoms with Gasteiger partial charge in [-0.15, -0.1) is 0 Å². The van der Waals surface area contributed by atoms with Crippen LogP contribution in [0.2, 0.25) is 0 Å². The van der Waals surface area contributed by atoms with E-state index >= 15 is 0 Å². The van der Waals surface area contributed by atoms with Gasteiger partial charge in [-0.2, -0.15) is 5.26 Å². The highest BCUT2D eigenvalue weighted by atomic mass is 16.7. The van der Waals surface area contributed by atoms with E-state index < -0.39 is 0 Å². The largest absolute Gasteiger partial charge is 0.352 e. The molecule has 0 spiro atoms. The smallest absolute Gasteiger partial charge is 0.147 e. The summed E-state index contributed by atoms with van der Waals surface area (Å²) in [5.74, 6) is 0. The zero-order chi connectivity index (χ0) is 9.80. The monoisotopic (exact) mass is 189 g/mol. The lowest BCUT2D eigenvalue weighted by molar-refractivity contribution is 0.0466. The van der Waals surface area contributed by atoms with Gasteiger partial charge >= 0.3 is 0 Å². The molecule has 0 bridgehead atoms. The van der Waals surface area contributed by atoms with Crippen molar-refractivity contribution in [2.45, 2.75) is 12.5 Å². The molecule has 1 aliphatic rings. The lowest BCUT2D eigenvalue weighted by atomic mass is 10.1. The van der Waals surface area contributed by atoms with Crippen LogP contribution in [0.1, 0.15) is 17.2 Å². The lowest BCUT2D eigenvalue weighted by Crippen LogP contribution is -1.99. The molecule has 0 radical (unpaired) electrons. The van der Waals surface area contributed by atoms with Crippen molar-refractivity contribution < 1.29 is 9.47 Å². The maximum absolute atomic E-state index is 8.51. The maximum Gasteiger partial charge on any atom is 0.147 e. The van der Waals surface area contributed by atoms with Crippen molar-refractivity contribution in [2.24, 2.45) is 0 Å². The highest BCUT2D eigenvalue weighted by molar-refractivity contribution is 5.26. The van der Waals surface area contributed by atoms with Gasteiger partial charge < -0.3 is 9.47 Å². The summed E-state index contributed by atoms with van der Waals surface area (Å²) in [4.78, 5) is 0. The minimum Gasteiger partial charge on any atom is -0.352 e. The van der Waals surface area contributed by atoms with Crippen LogP contribution >= 0.6 is 0 Å². The Morgan fingerprint density at radius 1 is 1.36 bits per heavy atom. The molecule has 3 heteroatoms. The molecule has 2 rings (SSSR count). The predicted octanol–water partition coefficient (Wildman–Crippen LogP) is 1.80. The molecule has 0 N–H and O–H groups in total. The molecule has 0 amide bonds. The van der Waals surface area contributed by atoms with E-state index in [2.05, 4.69) is 6.07 Å². The second-order valence-corrected chi connectivity index (χ2v) is 3.22. The fourth-order valence-electron chi connectivity index (χ4n) is 1.47. The van der Waals surface area contributed by atoms with Crippen molar-refractivity contribution in [3.8, 4) is 6.07 Å². The third kappa shape index (κ3) is 1.92. The Balaban J connectivity index is 2.09. The first-order valence-corrected chi connectivity index (χ1v) is 4.55. The van der Waals surface area contributed by atoms with Crippen LogP contribution in [0.25, 0.3) is 0 Å². The molecule has 72 valence electrons. The molecule has 1 unspecified atom stereocenters. The summed E-state index contributed by atoms with van der Waals surface area (Å²) in [6.45, 7) is 1.00. The van der Waals surface area contributed by atoms with Gasteiger partial charge in [-0.3, -0.25) is 0 Å². The number of rotatable bonds is 2. The van der Waals surface area contributed by atoms with Gasteiger partial charge in [-0.05, 0) is 11.1 Å². The Bertz CT molecular complexity index is 333. The molecule has 1 heterocycles.